The van der Waals surface area contributed by atoms with Crippen LogP contribution in [0.4, 0.5) is 5.69 Å². The van der Waals surface area contributed by atoms with E-state index in [-0.39, 0.29) is 28.5 Å². The highest BCUT2D eigenvalue weighted by Crippen LogP contribution is 2.30. The zero-order valence-corrected chi connectivity index (χ0v) is 14.4. The second-order valence-corrected chi connectivity index (χ2v) is 5.88. The number of aliphatic hydroxyl groups excluding tert-OH is 1. The number of hydrogen-bond donors (Lipinski definition) is 2. The first kappa shape index (κ1) is 17.7. The zero-order chi connectivity index (χ0) is 16.8. The number of aliphatic hydroxyl groups is 1. The van der Waals surface area contributed by atoms with Crippen molar-refractivity contribution in [3.63, 3.8) is 0 Å². The molecule has 0 saturated carbocycles. The average Bonchev–Trinajstić information content (AvgIpc) is 2.56. The van der Waals surface area contributed by atoms with Crippen LogP contribution in [-0.4, -0.2) is 27.4 Å². The number of carbonyl (C=O) groups is 1. The molecule has 23 heavy (non-hydrogen) atoms. The molecule has 0 spiro atoms. The van der Waals surface area contributed by atoms with E-state index in [1.807, 2.05) is 6.07 Å². The molecule has 1 aromatic heterocycles. The lowest BCUT2D eigenvalue weighted by atomic mass is 10.2. The van der Waals surface area contributed by atoms with E-state index < -0.39 is 0 Å². The number of halogens is 2. The molecule has 1 amide bonds. The van der Waals surface area contributed by atoms with Crippen LogP contribution < -0.4 is 5.32 Å². The maximum atomic E-state index is 12.2. The van der Waals surface area contributed by atoms with Gasteiger partial charge in [0.1, 0.15) is 10.8 Å². The predicted octanol–water partition coefficient (Wildman–Crippen LogP) is 3.66. The van der Waals surface area contributed by atoms with Gasteiger partial charge in [-0.3, -0.25) is 4.79 Å². The number of thioether (sulfide) groups is 1. The minimum Gasteiger partial charge on any atom is -0.392 e. The second kappa shape index (κ2) is 8.31. The molecular formula is C15H13Cl2N3O2S. The summed E-state index contributed by atoms with van der Waals surface area (Å²) in [6, 6.07) is 10.2. The van der Waals surface area contributed by atoms with Crippen LogP contribution >= 0.6 is 35.0 Å². The van der Waals surface area contributed by atoms with Gasteiger partial charge in [-0.1, -0.05) is 53.2 Å². The number of rotatable bonds is 3. The number of pyridine rings is 1. The molecule has 120 valence electrons. The maximum absolute atomic E-state index is 12.2. The molecule has 5 nitrogen and oxygen atoms in total. The fourth-order valence-electron chi connectivity index (χ4n) is 1.75. The van der Waals surface area contributed by atoms with Crippen molar-refractivity contribution in [2.45, 2.75) is 6.61 Å². The van der Waals surface area contributed by atoms with E-state index in [4.69, 9.17) is 23.2 Å². The van der Waals surface area contributed by atoms with Gasteiger partial charge in [0.15, 0.2) is 10.3 Å². The number of benzene rings is 1. The molecule has 8 heteroatoms. The van der Waals surface area contributed by atoms with Gasteiger partial charge in [-0.25, -0.2) is 9.98 Å². The van der Waals surface area contributed by atoms with Crippen molar-refractivity contribution < 1.29 is 9.90 Å². The van der Waals surface area contributed by atoms with Gasteiger partial charge in [-0.2, -0.15) is 0 Å². The SMILES string of the molecule is CS/C(=N/c1c(CO)cc(Cl)nc1Cl)NC(=O)c1ccccc1. The van der Waals surface area contributed by atoms with Crippen LogP contribution in [0.15, 0.2) is 41.4 Å². The summed E-state index contributed by atoms with van der Waals surface area (Å²) in [5.41, 5.74) is 1.21. The normalized spacial score (nSPS) is 11.4. The fraction of sp³-hybridized carbons (Fsp3) is 0.133. The summed E-state index contributed by atoms with van der Waals surface area (Å²) in [5.74, 6) is -0.290. The first-order chi connectivity index (χ1) is 11.0. The lowest BCUT2D eigenvalue weighted by Crippen LogP contribution is -2.28. The van der Waals surface area contributed by atoms with E-state index in [1.165, 1.54) is 17.8 Å². The smallest absolute Gasteiger partial charge is 0.257 e. The summed E-state index contributed by atoms with van der Waals surface area (Å²) in [6.45, 7) is -0.297. The Kier molecular flexibility index (Phi) is 6.41. The molecule has 0 aliphatic rings. The number of nitrogens with one attached hydrogen (secondary N) is 1. The topological polar surface area (TPSA) is 74.6 Å². The maximum Gasteiger partial charge on any atom is 0.257 e. The molecule has 0 aliphatic heterocycles. The first-order valence-electron chi connectivity index (χ1n) is 6.50. The lowest BCUT2D eigenvalue weighted by molar-refractivity contribution is 0.0978. The molecule has 1 heterocycles. The fourth-order valence-corrected chi connectivity index (χ4v) is 2.64. The highest BCUT2D eigenvalue weighted by molar-refractivity contribution is 8.13. The highest BCUT2D eigenvalue weighted by atomic mass is 35.5. The number of hydrogen-bond acceptors (Lipinski definition) is 5. The number of amides is 1. The van der Waals surface area contributed by atoms with Crippen molar-refractivity contribution in [1.82, 2.24) is 10.3 Å². The number of amidine groups is 1. The Morgan fingerprint density at radius 1 is 1.35 bits per heavy atom. The van der Waals surface area contributed by atoms with Crippen LogP contribution in [0, 0.1) is 0 Å². The zero-order valence-electron chi connectivity index (χ0n) is 12.1. The van der Waals surface area contributed by atoms with Crippen molar-refractivity contribution >= 4 is 51.7 Å². The van der Waals surface area contributed by atoms with Crippen LogP contribution in [0.3, 0.4) is 0 Å². The third-order valence-electron chi connectivity index (χ3n) is 2.83. The quantitative estimate of drug-likeness (QED) is 0.491. The number of carbonyl (C=O) groups excluding carboxylic acids is 1. The largest absolute Gasteiger partial charge is 0.392 e. The van der Waals surface area contributed by atoms with E-state index >= 15 is 0 Å². The Labute approximate surface area is 147 Å². The molecule has 2 rings (SSSR count). The Hall–Kier alpha value is -1.60. The Balaban J connectivity index is 2.31. The molecule has 2 aromatic rings. The first-order valence-corrected chi connectivity index (χ1v) is 8.48. The average molecular weight is 370 g/mol. The minimum absolute atomic E-state index is 0.0575. The van der Waals surface area contributed by atoms with Gasteiger partial charge in [0.2, 0.25) is 0 Å². The van der Waals surface area contributed by atoms with Gasteiger partial charge < -0.3 is 10.4 Å². The summed E-state index contributed by atoms with van der Waals surface area (Å²) in [5, 5.41) is 12.7. The van der Waals surface area contributed by atoms with Gasteiger partial charge in [-0.05, 0) is 24.5 Å². The van der Waals surface area contributed by atoms with Crippen molar-refractivity contribution in [3.8, 4) is 0 Å². The third kappa shape index (κ3) is 4.68. The summed E-state index contributed by atoms with van der Waals surface area (Å²) in [4.78, 5) is 20.4. The molecular weight excluding hydrogens is 357 g/mol. The van der Waals surface area contributed by atoms with E-state index in [0.717, 1.165) is 0 Å². The van der Waals surface area contributed by atoms with Crippen LogP contribution in [-0.2, 0) is 6.61 Å². The van der Waals surface area contributed by atoms with Crippen molar-refractivity contribution in [2.24, 2.45) is 4.99 Å². The summed E-state index contributed by atoms with van der Waals surface area (Å²) in [6.07, 6.45) is 1.76. The molecule has 0 saturated heterocycles. The molecule has 0 radical (unpaired) electrons. The van der Waals surface area contributed by atoms with Gasteiger partial charge in [0, 0.05) is 11.1 Å². The van der Waals surface area contributed by atoms with Gasteiger partial charge >= 0.3 is 0 Å². The van der Waals surface area contributed by atoms with E-state index in [1.54, 1.807) is 30.5 Å². The minimum atomic E-state index is -0.297. The summed E-state index contributed by atoms with van der Waals surface area (Å²) < 4.78 is 0. The Bertz CT molecular complexity index is 739. The van der Waals surface area contributed by atoms with Gasteiger partial charge in [0.25, 0.3) is 5.91 Å². The molecule has 0 atom stereocenters. The van der Waals surface area contributed by atoms with Crippen molar-refractivity contribution in [2.75, 3.05) is 6.26 Å². The van der Waals surface area contributed by atoms with Gasteiger partial charge in [-0.15, -0.1) is 0 Å². The molecule has 0 aliphatic carbocycles. The lowest BCUT2D eigenvalue weighted by Gasteiger charge is -2.09. The molecule has 1 aromatic carbocycles. The molecule has 0 fully saturated rings. The second-order valence-electron chi connectivity index (χ2n) is 4.34. The van der Waals surface area contributed by atoms with E-state index in [9.17, 15) is 9.90 Å². The highest BCUT2D eigenvalue weighted by Gasteiger charge is 2.13. The number of aliphatic imine (C=N–C) groups is 1. The van der Waals surface area contributed by atoms with Crippen LogP contribution in [0.5, 0.6) is 0 Å². The number of nitrogens with zero attached hydrogens (tertiary/aromatic N) is 2. The van der Waals surface area contributed by atoms with Crippen LogP contribution in [0.2, 0.25) is 10.3 Å². The molecule has 2 N–H and O–H groups in total. The Morgan fingerprint density at radius 3 is 2.65 bits per heavy atom. The van der Waals surface area contributed by atoms with Crippen LogP contribution in [0.25, 0.3) is 0 Å². The Morgan fingerprint density at radius 2 is 2.04 bits per heavy atom. The third-order valence-corrected chi connectivity index (χ3v) is 3.87. The van der Waals surface area contributed by atoms with Crippen LogP contribution in [0.1, 0.15) is 15.9 Å². The monoisotopic (exact) mass is 369 g/mol. The van der Waals surface area contributed by atoms with E-state index in [0.29, 0.717) is 16.3 Å². The van der Waals surface area contributed by atoms with Crippen molar-refractivity contribution in [1.29, 1.82) is 0 Å². The molecule has 0 bridgehead atoms. The summed E-state index contributed by atoms with van der Waals surface area (Å²) in [7, 11) is 0. The summed E-state index contributed by atoms with van der Waals surface area (Å²) >= 11 is 13.1. The van der Waals surface area contributed by atoms with Crippen molar-refractivity contribution in [3.05, 3.63) is 57.8 Å². The predicted molar refractivity (Wildman–Crippen MR) is 94.7 cm³/mol. The molecule has 0 unspecified atom stereocenters. The number of aromatic nitrogens is 1. The standard InChI is InChI=1S/C15H13Cl2N3O2S/c1-23-15(20-14(22)9-5-3-2-4-6-9)19-12-10(8-21)7-11(16)18-13(12)17/h2-7,21H,8H2,1H3,(H,19,20,22). The van der Waals surface area contributed by atoms with E-state index in [2.05, 4.69) is 15.3 Å². The van der Waals surface area contributed by atoms with Gasteiger partial charge in [0.05, 0.1) is 6.61 Å².